The van der Waals surface area contributed by atoms with Crippen LogP contribution in [-0.4, -0.2) is 4.98 Å². The van der Waals surface area contributed by atoms with E-state index in [2.05, 4.69) is 16.4 Å². The SMILES string of the molecule is Cc1ccc(Nc2nccc(C)c2C#N)c(Cl)c1. The topological polar surface area (TPSA) is 48.7 Å². The summed E-state index contributed by atoms with van der Waals surface area (Å²) in [4.78, 5) is 4.18. The molecule has 0 unspecified atom stereocenters. The van der Waals surface area contributed by atoms with Gasteiger partial charge in [-0.2, -0.15) is 5.26 Å². The molecule has 0 spiro atoms. The maximum atomic E-state index is 9.13. The number of nitrogens with one attached hydrogen (secondary N) is 1. The van der Waals surface area contributed by atoms with Gasteiger partial charge in [-0.3, -0.25) is 0 Å². The van der Waals surface area contributed by atoms with Crippen LogP contribution in [0.3, 0.4) is 0 Å². The highest BCUT2D eigenvalue weighted by atomic mass is 35.5. The summed E-state index contributed by atoms with van der Waals surface area (Å²) in [7, 11) is 0. The van der Waals surface area contributed by atoms with Gasteiger partial charge in [0.2, 0.25) is 0 Å². The van der Waals surface area contributed by atoms with Crippen LogP contribution in [0.25, 0.3) is 0 Å². The Labute approximate surface area is 111 Å². The quantitative estimate of drug-likeness (QED) is 0.886. The fourth-order valence-electron chi connectivity index (χ4n) is 1.64. The van der Waals surface area contributed by atoms with Gasteiger partial charge < -0.3 is 5.32 Å². The molecule has 0 aliphatic rings. The summed E-state index contributed by atoms with van der Waals surface area (Å²) >= 11 is 6.14. The zero-order valence-electron chi connectivity index (χ0n) is 10.2. The van der Waals surface area contributed by atoms with Gasteiger partial charge in [0.05, 0.1) is 16.3 Å². The van der Waals surface area contributed by atoms with Gasteiger partial charge >= 0.3 is 0 Å². The number of nitrogens with zero attached hydrogens (tertiary/aromatic N) is 2. The normalized spacial score (nSPS) is 9.89. The molecule has 0 saturated heterocycles. The van der Waals surface area contributed by atoms with Crippen molar-refractivity contribution >= 4 is 23.1 Å². The lowest BCUT2D eigenvalue weighted by Gasteiger charge is -2.10. The van der Waals surface area contributed by atoms with Crippen LogP contribution in [-0.2, 0) is 0 Å². The molecule has 18 heavy (non-hydrogen) atoms. The van der Waals surface area contributed by atoms with E-state index in [-0.39, 0.29) is 0 Å². The maximum absolute atomic E-state index is 9.13. The third-order valence-corrected chi connectivity index (χ3v) is 2.96. The molecule has 0 fully saturated rings. The Morgan fingerprint density at radius 3 is 2.72 bits per heavy atom. The molecule has 0 bridgehead atoms. The molecule has 3 nitrogen and oxygen atoms in total. The molecule has 1 aromatic carbocycles. The van der Waals surface area contributed by atoms with Crippen LogP contribution in [0.4, 0.5) is 11.5 Å². The Bertz CT molecular complexity index is 629. The molecule has 1 heterocycles. The smallest absolute Gasteiger partial charge is 0.148 e. The zero-order valence-corrected chi connectivity index (χ0v) is 10.9. The first-order valence-electron chi connectivity index (χ1n) is 5.50. The Kier molecular flexibility index (Phi) is 3.50. The molecule has 0 atom stereocenters. The molecule has 2 rings (SSSR count). The van der Waals surface area contributed by atoms with E-state index in [1.54, 1.807) is 12.3 Å². The average molecular weight is 258 g/mol. The number of halogens is 1. The number of aryl methyl sites for hydroxylation is 2. The fraction of sp³-hybridized carbons (Fsp3) is 0.143. The van der Waals surface area contributed by atoms with Gasteiger partial charge in [-0.15, -0.1) is 0 Å². The van der Waals surface area contributed by atoms with Crippen molar-refractivity contribution in [2.24, 2.45) is 0 Å². The standard InChI is InChI=1S/C14H12ClN3/c1-9-3-4-13(12(15)7-9)18-14-11(8-16)10(2)5-6-17-14/h3-7H,1-2H3,(H,17,18). The number of aromatic nitrogens is 1. The van der Waals surface area contributed by atoms with Crippen molar-refractivity contribution in [3.8, 4) is 6.07 Å². The summed E-state index contributed by atoms with van der Waals surface area (Å²) in [5.74, 6) is 0.531. The molecule has 1 aromatic heterocycles. The van der Waals surface area contributed by atoms with Gasteiger partial charge in [0.25, 0.3) is 0 Å². The summed E-state index contributed by atoms with van der Waals surface area (Å²) in [6, 6.07) is 9.65. The van der Waals surface area contributed by atoms with Crippen molar-refractivity contribution in [3.05, 3.63) is 52.2 Å². The Morgan fingerprint density at radius 1 is 1.28 bits per heavy atom. The van der Waals surface area contributed by atoms with E-state index in [0.717, 1.165) is 16.8 Å². The predicted molar refractivity (Wildman–Crippen MR) is 73.2 cm³/mol. The number of pyridine rings is 1. The highest BCUT2D eigenvalue weighted by Crippen LogP contribution is 2.27. The molecular formula is C14H12ClN3. The van der Waals surface area contributed by atoms with E-state index in [4.69, 9.17) is 16.9 Å². The third-order valence-electron chi connectivity index (χ3n) is 2.65. The van der Waals surface area contributed by atoms with Crippen LogP contribution < -0.4 is 5.32 Å². The van der Waals surface area contributed by atoms with Crippen molar-refractivity contribution in [2.75, 3.05) is 5.32 Å². The second-order valence-electron chi connectivity index (χ2n) is 4.07. The number of anilines is 2. The summed E-state index contributed by atoms with van der Waals surface area (Å²) in [5, 5.41) is 12.8. The van der Waals surface area contributed by atoms with E-state index < -0.39 is 0 Å². The van der Waals surface area contributed by atoms with E-state index in [9.17, 15) is 0 Å². The van der Waals surface area contributed by atoms with Crippen LogP contribution in [0.1, 0.15) is 16.7 Å². The van der Waals surface area contributed by atoms with Crippen molar-refractivity contribution < 1.29 is 0 Å². The number of rotatable bonds is 2. The molecule has 2 aromatic rings. The summed E-state index contributed by atoms with van der Waals surface area (Å²) in [6.45, 7) is 3.85. The molecule has 0 aliphatic carbocycles. The Hall–Kier alpha value is -2.05. The van der Waals surface area contributed by atoms with E-state index in [1.165, 1.54) is 0 Å². The lowest BCUT2D eigenvalue weighted by molar-refractivity contribution is 1.24. The highest BCUT2D eigenvalue weighted by molar-refractivity contribution is 6.33. The van der Waals surface area contributed by atoms with Crippen molar-refractivity contribution in [1.82, 2.24) is 4.98 Å². The van der Waals surface area contributed by atoms with Crippen LogP contribution in [0.2, 0.25) is 5.02 Å². The van der Waals surface area contributed by atoms with Crippen LogP contribution in [0.15, 0.2) is 30.5 Å². The second-order valence-corrected chi connectivity index (χ2v) is 4.48. The van der Waals surface area contributed by atoms with Gasteiger partial charge in [-0.25, -0.2) is 4.98 Å². The number of nitriles is 1. The maximum Gasteiger partial charge on any atom is 0.148 e. The number of benzene rings is 1. The van der Waals surface area contributed by atoms with E-state index in [1.807, 2.05) is 32.0 Å². The first-order valence-corrected chi connectivity index (χ1v) is 5.88. The van der Waals surface area contributed by atoms with Gasteiger partial charge in [-0.1, -0.05) is 17.7 Å². The zero-order chi connectivity index (χ0) is 13.1. The van der Waals surface area contributed by atoms with E-state index >= 15 is 0 Å². The molecule has 1 N–H and O–H groups in total. The average Bonchev–Trinajstić information content (AvgIpc) is 2.33. The molecule has 90 valence electrons. The molecule has 4 heteroatoms. The fourth-order valence-corrected chi connectivity index (χ4v) is 1.93. The number of hydrogen-bond donors (Lipinski definition) is 1. The molecule has 0 radical (unpaired) electrons. The van der Waals surface area contributed by atoms with Crippen LogP contribution >= 0.6 is 11.6 Å². The molecule has 0 aliphatic heterocycles. The molecule has 0 amide bonds. The molecular weight excluding hydrogens is 246 g/mol. The molecule has 0 saturated carbocycles. The van der Waals surface area contributed by atoms with Gasteiger partial charge in [0, 0.05) is 6.20 Å². The van der Waals surface area contributed by atoms with Crippen molar-refractivity contribution in [2.45, 2.75) is 13.8 Å². The van der Waals surface area contributed by atoms with Crippen LogP contribution in [0, 0.1) is 25.2 Å². The minimum Gasteiger partial charge on any atom is -0.338 e. The third kappa shape index (κ3) is 2.44. The second kappa shape index (κ2) is 5.07. The Balaban J connectivity index is 2.41. The first-order chi connectivity index (χ1) is 8.61. The summed E-state index contributed by atoms with van der Waals surface area (Å²) < 4.78 is 0. The van der Waals surface area contributed by atoms with Crippen molar-refractivity contribution in [3.63, 3.8) is 0 Å². The van der Waals surface area contributed by atoms with Crippen LogP contribution in [0.5, 0.6) is 0 Å². The van der Waals surface area contributed by atoms with Gasteiger partial charge in [0.15, 0.2) is 0 Å². The van der Waals surface area contributed by atoms with Gasteiger partial charge in [-0.05, 0) is 43.2 Å². The first kappa shape index (κ1) is 12.4. The van der Waals surface area contributed by atoms with Gasteiger partial charge in [0.1, 0.15) is 11.9 Å². The predicted octanol–water partition coefficient (Wildman–Crippen LogP) is 3.97. The monoisotopic (exact) mass is 257 g/mol. The highest BCUT2D eigenvalue weighted by Gasteiger charge is 2.08. The largest absolute Gasteiger partial charge is 0.338 e. The number of hydrogen-bond acceptors (Lipinski definition) is 3. The van der Waals surface area contributed by atoms with E-state index in [0.29, 0.717) is 16.4 Å². The minimum atomic E-state index is 0.531. The Morgan fingerprint density at radius 2 is 2.06 bits per heavy atom. The summed E-state index contributed by atoms with van der Waals surface area (Å²) in [5.41, 5.74) is 3.26. The lowest BCUT2D eigenvalue weighted by Crippen LogP contribution is -1.99. The minimum absolute atomic E-state index is 0.531. The lowest BCUT2D eigenvalue weighted by atomic mass is 10.1. The summed E-state index contributed by atoms with van der Waals surface area (Å²) in [6.07, 6.45) is 1.67. The van der Waals surface area contributed by atoms with Crippen molar-refractivity contribution in [1.29, 1.82) is 5.26 Å².